The number of nitrogens with one attached hydrogen (secondary N) is 2. The van der Waals surface area contributed by atoms with Crippen molar-refractivity contribution in [3.63, 3.8) is 0 Å². The van der Waals surface area contributed by atoms with Gasteiger partial charge < -0.3 is 10.6 Å². The van der Waals surface area contributed by atoms with E-state index in [1.807, 2.05) is 0 Å². The van der Waals surface area contributed by atoms with Crippen molar-refractivity contribution in [2.45, 2.75) is 11.8 Å². The number of nitriles is 1. The molecule has 8 nitrogen and oxygen atoms in total. The van der Waals surface area contributed by atoms with E-state index in [1.54, 1.807) is 24.3 Å². The molecule has 0 radical (unpaired) electrons. The highest BCUT2D eigenvalue weighted by Crippen LogP contribution is 2.14. The van der Waals surface area contributed by atoms with Crippen LogP contribution in [-0.4, -0.2) is 20.1 Å². The lowest BCUT2D eigenvalue weighted by Crippen LogP contribution is -2.15. The summed E-state index contributed by atoms with van der Waals surface area (Å²) >= 11 is 0. The number of hydrogen-bond acceptors (Lipinski definition) is 6. The van der Waals surface area contributed by atoms with Crippen molar-refractivity contribution < 1.29 is 18.0 Å². The van der Waals surface area contributed by atoms with E-state index in [4.69, 9.17) is 5.14 Å². The predicted molar refractivity (Wildman–Crippen MR) is 100 cm³/mol. The molecule has 0 saturated carbocycles. The summed E-state index contributed by atoms with van der Waals surface area (Å²) in [5, 5.41) is 19.5. The molecule has 4 N–H and O–H groups in total. The molecule has 27 heavy (non-hydrogen) atoms. The van der Waals surface area contributed by atoms with Gasteiger partial charge >= 0.3 is 0 Å². The van der Waals surface area contributed by atoms with Crippen LogP contribution in [0.25, 0.3) is 0 Å². The highest BCUT2D eigenvalue weighted by Gasteiger charge is 2.11. The molecule has 2 rings (SSSR count). The van der Waals surface area contributed by atoms with Gasteiger partial charge in [-0.2, -0.15) is 5.26 Å². The molecule has 0 saturated heterocycles. The van der Waals surface area contributed by atoms with Crippen LogP contribution >= 0.6 is 0 Å². The minimum Gasteiger partial charge on any atom is -0.360 e. The number of hydrogen-bond donors (Lipinski definition) is 3. The van der Waals surface area contributed by atoms with Crippen LogP contribution in [0.5, 0.6) is 0 Å². The first-order valence-corrected chi connectivity index (χ1v) is 9.17. The molecule has 0 aliphatic carbocycles. The van der Waals surface area contributed by atoms with Crippen molar-refractivity contribution in [1.29, 1.82) is 5.26 Å². The summed E-state index contributed by atoms with van der Waals surface area (Å²) in [6, 6.07) is 13.6. The number of benzene rings is 2. The Labute approximate surface area is 156 Å². The van der Waals surface area contributed by atoms with E-state index in [1.165, 1.54) is 43.5 Å². The number of rotatable bonds is 6. The summed E-state index contributed by atoms with van der Waals surface area (Å²) in [6.07, 6.45) is 1.19. The van der Waals surface area contributed by atoms with Crippen LogP contribution in [0.4, 0.5) is 11.4 Å². The van der Waals surface area contributed by atoms with Gasteiger partial charge in [0.1, 0.15) is 11.6 Å². The standard InChI is InChI=1S/C18H16N4O4S/c1-12(23)13-3-2-4-16(9-13)22-18(24)14(10-19)11-21-15-5-7-17(8-6-15)27(20,25)26/h2-9,11,21H,1H3,(H,22,24)(H2,20,25,26)/b14-11-. The van der Waals surface area contributed by atoms with Crippen LogP contribution in [0.15, 0.2) is 65.2 Å². The number of carbonyl (C=O) groups is 2. The van der Waals surface area contributed by atoms with Gasteiger partial charge in [-0.15, -0.1) is 0 Å². The average Bonchev–Trinajstić information content (AvgIpc) is 2.62. The number of amides is 1. The fraction of sp³-hybridized carbons (Fsp3) is 0.0556. The molecule has 2 aromatic carbocycles. The highest BCUT2D eigenvalue weighted by molar-refractivity contribution is 7.89. The number of nitrogens with zero attached hydrogens (tertiary/aromatic N) is 1. The van der Waals surface area contributed by atoms with Gasteiger partial charge in [0, 0.05) is 23.1 Å². The molecule has 0 fully saturated rings. The number of ketones is 1. The van der Waals surface area contributed by atoms with Gasteiger partial charge in [-0.05, 0) is 43.3 Å². The van der Waals surface area contributed by atoms with Gasteiger partial charge in [-0.1, -0.05) is 12.1 Å². The topological polar surface area (TPSA) is 142 Å². The summed E-state index contributed by atoms with van der Waals surface area (Å²) in [7, 11) is -3.80. The Morgan fingerprint density at radius 3 is 2.33 bits per heavy atom. The Balaban J connectivity index is 2.11. The number of primary sulfonamides is 1. The summed E-state index contributed by atoms with van der Waals surface area (Å²) in [4.78, 5) is 23.5. The Morgan fingerprint density at radius 2 is 1.78 bits per heavy atom. The van der Waals surface area contributed by atoms with Crippen molar-refractivity contribution in [2.75, 3.05) is 10.6 Å². The minimum atomic E-state index is -3.80. The SMILES string of the molecule is CC(=O)c1cccc(NC(=O)/C(C#N)=C\Nc2ccc(S(N)(=O)=O)cc2)c1. The molecule has 0 bridgehead atoms. The number of anilines is 2. The number of Topliss-reactive ketones (excluding diaryl/α,β-unsaturated/α-hetero) is 1. The molecule has 1 amide bonds. The van der Waals surface area contributed by atoms with Gasteiger partial charge in [0.15, 0.2) is 5.78 Å². The average molecular weight is 384 g/mol. The van der Waals surface area contributed by atoms with Crippen LogP contribution in [0.3, 0.4) is 0 Å². The minimum absolute atomic E-state index is 0.0550. The van der Waals surface area contributed by atoms with Crippen molar-refractivity contribution >= 4 is 33.1 Å². The van der Waals surface area contributed by atoms with Gasteiger partial charge in [0.2, 0.25) is 10.0 Å². The fourth-order valence-corrected chi connectivity index (χ4v) is 2.57. The zero-order chi connectivity index (χ0) is 20.0. The fourth-order valence-electron chi connectivity index (χ4n) is 2.06. The lowest BCUT2D eigenvalue weighted by atomic mass is 10.1. The maximum atomic E-state index is 12.2. The van der Waals surface area contributed by atoms with Crippen LogP contribution < -0.4 is 15.8 Å². The molecular formula is C18H16N4O4S. The number of carbonyl (C=O) groups excluding carboxylic acids is 2. The second kappa shape index (κ2) is 8.27. The highest BCUT2D eigenvalue weighted by atomic mass is 32.2. The first-order valence-electron chi connectivity index (χ1n) is 7.63. The van der Waals surface area contributed by atoms with E-state index in [-0.39, 0.29) is 16.3 Å². The molecule has 0 aliphatic rings. The molecule has 138 valence electrons. The summed E-state index contributed by atoms with van der Waals surface area (Å²) in [6.45, 7) is 1.41. The molecule has 0 spiro atoms. The number of nitrogens with two attached hydrogens (primary N) is 1. The first-order chi connectivity index (χ1) is 12.7. The summed E-state index contributed by atoms with van der Waals surface area (Å²) in [5.41, 5.74) is 1.06. The van der Waals surface area contributed by atoms with E-state index < -0.39 is 15.9 Å². The summed E-state index contributed by atoms with van der Waals surface area (Å²) in [5.74, 6) is -0.807. The third-order valence-electron chi connectivity index (χ3n) is 3.46. The van der Waals surface area contributed by atoms with Crippen molar-refractivity contribution in [2.24, 2.45) is 5.14 Å². The number of sulfonamides is 1. The zero-order valence-electron chi connectivity index (χ0n) is 14.3. The third-order valence-corrected chi connectivity index (χ3v) is 4.39. The monoisotopic (exact) mass is 384 g/mol. The van der Waals surface area contributed by atoms with E-state index in [0.29, 0.717) is 16.9 Å². The molecule has 0 aromatic heterocycles. The second-order valence-corrected chi connectivity index (χ2v) is 7.04. The van der Waals surface area contributed by atoms with Gasteiger partial charge in [0.25, 0.3) is 5.91 Å². The van der Waals surface area contributed by atoms with Crippen LogP contribution in [-0.2, 0) is 14.8 Å². The molecule has 0 atom stereocenters. The molecule has 2 aromatic rings. The Kier molecular flexibility index (Phi) is 6.07. The quantitative estimate of drug-likeness (QED) is 0.395. The molecule has 0 unspecified atom stereocenters. The lowest BCUT2D eigenvalue weighted by molar-refractivity contribution is -0.112. The summed E-state index contributed by atoms with van der Waals surface area (Å²) < 4.78 is 22.4. The van der Waals surface area contributed by atoms with Crippen molar-refractivity contribution in [3.8, 4) is 6.07 Å². The van der Waals surface area contributed by atoms with E-state index >= 15 is 0 Å². The zero-order valence-corrected chi connectivity index (χ0v) is 15.1. The van der Waals surface area contributed by atoms with Crippen molar-refractivity contribution in [1.82, 2.24) is 0 Å². The molecular weight excluding hydrogens is 368 g/mol. The van der Waals surface area contributed by atoms with Gasteiger partial charge in [-0.25, -0.2) is 13.6 Å². The van der Waals surface area contributed by atoms with Crippen LogP contribution in [0.2, 0.25) is 0 Å². The van der Waals surface area contributed by atoms with Crippen LogP contribution in [0.1, 0.15) is 17.3 Å². The molecule has 0 aliphatic heterocycles. The van der Waals surface area contributed by atoms with E-state index in [0.717, 1.165) is 0 Å². The van der Waals surface area contributed by atoms with Crippen molar-refractivity contribution in [3.05, 3.63) is 65.9 Å². The Hall–Kier alpha value is -3.48. The lowest BCUT2D eigenvalue weighted by Gasteiger charge is -2.07. The molecule has 0 heterocycles. The third kappa shape index (κ3) is 5.50. The second-order valence-electron chi connectivity index (χ2n) is 5.47. The van der Waals surface area contributed by atoms with E-state index in [2.05, 4.69) is 10.6 Å². The predicted octanol–water partition coefficient (Wildman–Crippen LogP) is 1.99. The maximum Gasteiger partial charge on any atom is 0.267 e. The smallest absolute Gasteiger partial charge is 0.267 e. The normalized spacial score (nSPS) is 11.4. The Bertz CT molecular complexity index is 1050. The van der Waals surface area contributed by atoms with Gasteiger partial charge in [0.05, 0.1) is 4.90 Å². The van der Waals surface area contributed by atoms with Crippen LogP contribution in [0, 0.1) is 11.3 Å². The maximum absolute atomic E-state index is 12.2. The Morgan fingerprint density at radius 1 is 1.11 bits per heavy atom. The molecule has 9 heteroatoms. The largest absolute Gasteiger partial charge is 0.360 e. The van der Waals surface area contributed by atoms with Gasteiger partial charge in [-0.3, -0.25) is 9.59 Å². The first kappa shape index (κ1) is 19.8. The van der Waals surface area contributed by atoms with E-state index in [9.17, 15) is 23.3 Å².